The SMILES string of the molecule is C=Cc1nn(C2CCCCO2)c2c(C)nc(-c3cnn(C)c3O[C@@H](C)CN(CC)C(=O)C(F)(F)F)cc12. The molecule has 3 aromatic rings. The molecule has 0 bridgehead atoms. The molecule has 9 nitrogen and oxygen atoms in total. The number of aromatic nitrogens is 5. The van der Waals surface area contributed by atoms with Crippen molar-refractivity contribution in [2.24, 2.45) is 7.05 Å². The number of alkyl halides is 3. The molecule has 1 fully saturated rings. The highest BCUT2D eigenvalue weighted by Gasteiger charge is 2.42. The first-order chi connectivity index (χ1) is 17.5. The predicted molar refractivity (Wildman–Crippen MR) is 132 cm³/mol. The zero-order chi connectivity index (χ0) is 26.9. The molecule has 2 atom stereocenters. The Morgan fingerprint density at radius 1 is 1.41 bits per heavy atom. The maximum absolute atomic E-state index is 12.9. The first kappa shape index (κ1) is 26.6. The minimum Gasteiger partial charge on any atom is -0.472 e. The number of pyridine rings is 1. The number of aryl methyl sites for hydroxylation is 2. The summed E-state index contributed by atoms with van der Waals surface area (Å²) in [7, 11) is 1.67. The van der Waals surface area contributed by atoms with Gasteiger partial charge in [-0.2, -0.15) is 23.4 Å². The number of carbonyl (C=O) groups excluding carboxylic acids is 1. The normalized spacial score (nSPS) is 17.1. The smallest absolute Gasteiger partial charge is 0.471 e. The van der Waals surface area contributed by atoms with Gasteiger partial charge in [0.1, 0.15) is 6.10 Å². The first-order valence-electron chi connectivity index (χ1n) is 12.2. The molecule has 200 valence electrons. The van der Waals surface area contributed by atoms with E-state index in [1.165, 1.54) is 11.6 Å². The molecule has 1 unspecified atom stereocenters. The van der Waals surface area contributed by atoms with Crippen LogP contribution in [-0.2, 0) is 16.6 Å². The quantitative estimate of drug-likeness (QED) is 0.429. The number of halogens is 3. The third kappa shape index (κ3) is 5.34. The lowest BCUT2D eigenvalue weighted by Crippen LogP contribution is -2.45. The van der Waals surface area contributed by atoms with Crippen LogP contribution in [0.15, 0.2) is 18.8 Å². The molecule has 0 aromatic carbocycles. The van der Waals surface area contributed by atoms with Gasteiger partial charge in [0.2, 0.25) is 5.88 Å². The molecule has 3 aromatic heterocycles. The van der Waals surface area contributed by atoms with E-state index in [-0.39, 0.29) is 19.3 Å². The summed E-state index contributed by atoms with van der Waals surface area (Å²) in [5.74, 6) is -1.56. The fourth-order valence-electron chi connectivity index (χ4n) is 4.60. The van der Waals surface area contributed by atoms with E-state index in [0.717, 1.165) is 35.9 Å². The van der Waals surface area contributed by atoms with E-state index in [4.69, 9.17) is 19.6 Å². The van der Waals surface area contributed by atoms with Gasteiger partial charge < -0.3 is 14.4 Å². The molecule has 0 aliphatic carbocycles. The van der Waals surface area contributed by atoms with Crippen molar-refractivity contribution in [3.05, 3.63) is 30.2 Å². The van der Waals surface area contributed by atoms with E-state index in [0.29, 0.717) is 34.3 Å². The van der Waals surface area contributed by atoms with Crippen LogP contribution in [-0.4, -0.2) is 67.3 Å². The molecule has 12 heteroatoms. The van der Waals surface area contributed by atoms with Gasteiger partial charge in [0.15, 0.2) is 6.23 Å². The number of hydrogen-bond donors (Lipinski definition) is 0. The summed E-state index contributed by atoms with van der Waals surface area (Å²) in [5, 5.41) is 9.86. The topological polar surface area (TPSA) is 87.3 Å². The van der Waals surface area contributed by atoms with Crippen LogP contribution in [0.5, 0.6) is 5.88 Å². The van der Waals surface area contributed by atoms with E-state index >= 15 is 0 Å². The second-order valence-electron chi connectivity index (χ2n) is 9.10. The standard InChI is InChI=1S/C25H31F3N6O3/c1-6-19-17-12-20(30-16(4)22(17)34(31-19)21-10-8-9-11-36-21)18-13-29-32(5)23(18)37-15(3)14-33(7-2)24(35)25(26,27)28/h6,12-13,15,21H,1,7-11,14H2,2-5H3/t15-,21?/m0/s1. The monoisotopic (exact) mass is 520 g/mol. The molecule has 1 aliphatic heterocycles. The Bertz CT molecular complexity index is 1290. The lowest BCUT2D eigenvalue weighted by Gasteiger charge is -2.26. The van der Waals surface area contributed by atoms with Gasteiger partial charge in [-0.1, -0.05) is 6.58 Å². The molecular weight excluding hydrogens is 489 g/mol. The fraction of sp³-hybridized carbons (Fsp3) is 0.520. The summed E-state index contributed by atoms with van der Waals surface area (Å²) in [6, 6.07) is 1.88. The van der Waals surface area contributed by atoms with Gasteiger partial charge in [-0.25, -0.2) is 9.36 Å². The predicted octanol–water partition coefficient (Wildman–Crippen LogP) is 4.66. The largest absolute Gasteiger partial charge is 0.472 e. The van der Waals surface area contributed by atoms with Crippen LogP contribution in [0.4, 0.5) is 13.2 Å². The second-order valence-corrected chi connectivity index (χ2v) is 9.10. The first-order valence-corrected chi connectivity index (χ1v) is 12.2. The van der Waals surface area contributed by atoms with Crippen LogP contribution in [0, 0.1) is 6.92 Å². The summed E-state index contributed by atoms with van der Waals surface area (Å²) in [6.07, 6.45) is 0.363. The van der Waals surface area contributed by atoms with Gasteiger partial charge in [0, 0.05) is 25.6 Å². The fourth-order valence-corrected chi connectivity index (χ4v) is 4.60. The molecule has 0 radical (unpaired) electrons. The molecule has 1 aliphatic rings. The lowest BCUT2D eigenvalue weighted by atomic mass is 10.1. The van der Waals surface area contributed by atoms with Gasteiger partial charge in [0.25, 0.3) is 0 Å². The van der Waals surface area contributed by atoms with Crippen molar-refractivity contribution in [2.45, 2.75) is 58.5 Å². The summed E-state index contributed by atoms with van der Waals surface area (Å²) in [6.45, 7) is 9.24. The molecule has 0 N–H and O–H groups in total. The van der Waals surface area contributed by atoms with Crippen molar-refractivity contribution in [1.29, 1.82) is 0 Å². The highest BCUT2D eigenvalue weighted by Crippen LogP contribution is 2.35. The summed E-state index contributed by atoms with van der Waals surface area (Å²) >= 11 is 0. The zero-order valence-corrected chi connectivity index (χ0v) is 21.4. The van der Waals surface area contributed by atoms with Gasteiger partial charge in [-0.15, -0.1) is 0 Å². The minimum absolute atomic E-state index is 0.0965. The molecule has 1 saturated heterocycles. The highest BCUT2D eigenvalue weighted by molar-refractivity contribution is 5.91. The maximum atomic E-state index is 12.9. The molecular formula is C25H31F3N6O3. The van der Waals surface area contributed by atoms with Crippen LogP contribution in [0.1, 0.15) is 50.7 Å². The highest BCUT2D eigenvalue weighted by atomic mass is 19.4. The number of fused-ring (bicyclic) bond motifs is 1. The van der Waals surface area contributed by atoms with E-state index in [9.17, 15) is 18.0 Å². The lowest BCUT2D eigenvalue weighted by molar-refractivity contribution is -0.186. The van der Waals surface area contributed by atoms with Crippen molar-refractivity contribution < 1.29 is 27.4 Å². The molecule has 1 amide bonds. The maximum Gasteiger partial charge on any atom is 0.471 e. The van der Waals surface area contributed by atoms with Crippen molar-refractivity contribution in [3.63, 3.8) is 0 Å². The minimum atomic E-state index is -4.94. The third-order valence-electron chi connectivity index (χ3n) is 6.37. The van der Waals surface area contributed by atoms with Crippen LogP contribution in [0.25, 0.3) is 28.2 Å². The average Bonchev–Trinajstić information content (AvgIpc) is 3.42. The Hall–Kier alpha value is -3.41. The third-order valence-corrected chi connectivity index (χ3v) is 6.37. The number of likely N-dealkylation sites (N-methyl/N-ethyl adjacent to an activating group) is 1. The van der Waals surface area contributed by atoms with Crippen molar-refractivity contribution in [1.82, 2.24) is 29.4 Å². The van der Waals surface area contributed by atoms with E-state index in [1.807, 2.05) is 17.7 Å². The van der Waals surface area contributed by atoms with Gasteiger partial charge in [-0.05, 0) is 52.2 Å². The Labute approximate surface area is 212 Å². The van der Waals surface area contributed by atoms with Crippen molar-refractivity contribution in [3.8, 4) is 17.1 Å². The number of hydrogen-bond acceptors (Lipinski definition) is 6. The second kappa shape index (κ2) is 10.5. The average molecular weight is 521 g/mol. The van der Waals surface area contributed by atoms with Crippen LogP contribution < -0.4 is 4.74 Å². The van der Waals surface area contributed by atoms with E-state index < -0.39 is 18.2 Å². The molecule has 0 spiro atoms. The number of ether oxygens (including phenoxy) is 2. The van der Waals surface area contributed by atoms with Gasteiger partial charge in [0.05, 0.1) is 40.9 Å². The Morgan fingerprint density at radius 2 is 2.16 bits per heavy atom. The van der Waals surface area contributed by atoms with Gasteiger partial charge in [-0.3, -0.25) is 9.78 Å². The van der Waals surface area contributed by atoms with E-state index in [2.05, 4.69) is 11.7 Å². The Balaban J connectivity index is 1.66. The van der Waals surface area contributed by atoms with Crippen LogP contribution in [0.2, 0.25) is 0 Å². The Kier molecular flexibility index (Phi) is 7.58. The summed E-state index contributed by atoms with van der Waals surface area (Å²) in [4.78, 5) is 17.2. The molecule has 37 heavy (non-hydrogen) atoms. The summed E-state index contributed by atoms with van der Waals surface area (Å²) in [5.41, 5.74) is 3.43. The van der Waals surface area contributed by atoms with Crippen molar-refractivity contribution >= 4 is 22.9 Å². The van der Waals surface area contributed by atoms with Crippen LogP contribution >= 0.6 is 0 Å². The number of rotatable bonds is 8. The van der Waals surface area contributed by atoms with Gasteiger partial charge >= 0.3 is 12.1 Å². The molecule has 4 rings (SSSR count). The number of nitrogens with zero attached hydrogens (tertiary/aromatic N) is 6. The summed E-state index contributed by atoms with van der Waals surface area (Å²) < 4.78 is 54.1. The number of carbonyl (C=O) groups is 1. The molecule has 4 heterocycles. The zero-order valence-electron chi connectivity index (χ0n) is 21.4. The Morgan fingerprint density at radius 3 is 2.78 bits per heavy atom. The van der Waals surface area contributed by atoms with Crippen molar-refractivity contribution in [2.75, 3.05) is 19.7 Å². The van der Waals surface area contributed by atoms with Crippen LogP contribution in [0.3, 0.4) is 0 Å². The number of amides is 1. The van der Waals surface area contributed by atoms with E-state index in [1.54, 1.807) is 26.2 Å². The molecule has 0 saturated carbocycles.